The summed E-state index contributed by atoms with van der Waals surface area (Å²) in [4.78, 5) is 16.8. The Morgan fingerprint density at radius 3 is 2.71 bits per heavy atom. The lowest BCUT2D eigenvalue weighted by atomic mass is 10.0. The van der Waals surface area contributed by atoms with E-state index in [-0.39, 0.29) is 11.8 Å². The van der Waals surface area contributed by atoms with Gasteiger partial charge >= 0.3 is 5.97 Å². The fourth-order valence-electron chi connectivity index (χ4n) is 2.59. The molecule has 0 aliphatic carbocycles. The molecule has 1 aromatic heterocycles. The molecule has 114 valence electrons. The van der Waals surface area contributed by atoms with Gasteiger partial charge in [-0.05, 0) is 37.0 Å². The van der Waals surface area contributed by atoms with Crippen molar-refractivity contribution in [3.05, 3.63) is 29.6 Å². The standard InChI is InChI=1S/C16H21ClN2O2/c1-10(2)7-14(16(20)21-4)19-13-6-5-11(3)8-12(13)18-15(19)9-17/h5-6,8,10,14H,7,9H2,1-4H3. The molecule has 1 atom stereocenters. The molecule has 1 aromatic carbocycles. The molecule has 0 radical (unpaired) electrons. The number of hydrogen-bond donors (Lipinski definition) is 0. The number of alkyl halides is 1. The molecule has 0 aliphatic heterocycles. The normalized spacial score (nSPS) is 12.9. The van der Waals surface area contributed by atoms with Crippen LogP contribution in [0.15, 0.2) is 18.2 Å². The Bertz CT molecular complexity index is 649. The summed E-state index contributed by atoms with van der Waals surface area (Å²) < 4.78 is 6.90. The van der Waals surface area contributed by atoms with Gasteiger partial charge in [-0.3, -0.25) is 0 Å². The van der Waals surface area contributed by atoms with Gasteiger partial charge in [0.2, 0.25) is 0 Å². The molecule has 2 aromatic rings. The van der Waals surface area contributed by atoms with E-state index in [2.05, 4.69) is 18.8 Å². The Morgan fingerprint density at radius 1 is 1.43 bits per heavy atom. The number of carbonyl (C=O) groups is 1. The maximum atomic E-state index is 12.2. The zero-order valence-corrected chi connectivity index (χ0v) is 13.6. The Kier molecular flexibility index (Phi) is 4.88. The summed E-state index contributed by atoms with van der Waals surface area (Å²) in [6.07, 6.45) is 0.690. The number of rotatable bonds is 5. The molecule has 0 saturated carbocycles. The lowest BCUT2D eigenvalue weighted by molar-refractivity contribution is -0.145. The van der Waals surface area contributed by atoms with Gasteiger partial charge < -0.3 is 9.30 Å². The first kappa shape index (κ1) is 15.8. The average molecular weight is 309 g/mol. The third-order valence-electron chi connectivity index (χ3n) is 3.52. The zero-order chi connectivity index (χ0) is 15.6. The van der Waals surface area contributed by atoms with E-state index in [1.807, 2.05) is 29.7 Å². The smallest absolute Gasteiger partial charge is 0.328 e. The van der Waals surface area contributed by atoms with Gasteiger partial charge in [-0.25, -0.2) is 9.78 Å². The average Bonchev–Trinajstić information content (AvgIpc) is 2.80. The van der Waals surface area contributed by atoms with Crippen LogP contribution in [0.4, 0.5) is 0 Å². The number of benzene rings is 1. The molecule has 0 fully saturated rings. The summed E-state index contributed by atoms with van der Waals surface area (Å²) in [5.74, 6) is 1.07. The highest BCUT2D eigenvalue weighted by atomic mass is 35.5. The lowest BCUT2D eigenvalue weighted by Gasteiger charge is -2.21. The third-order valence-corrected chi connectivity index (χ3v) is 3.76. The molecule has 21 heavy (non-hydrogen) atoms. The predicted molar refractivity (Wildman–Crippen MR) is 84.5 cm³/mol. The van der Waals surface area contributed by atoms with Crippen LogP contribution in [-0.2, 0) is 15.4 Å². The predicted octanol–water partition coefficient (Wildman–Crippen LogP) is 3.84. The summed E-state index contributed by atoms with van der Waals surface area (Å²) in [6.45, 7) is 6.18. The first-order valence-electron chi connectivity index (χ1n) is 7.09. The number of esters is 1. The number of ether oxygens (including phenoxy) is 1. The van der Waals surface area contributed by atoms with E-state index in [9.17, 15) is 4.79 Å². The summed E-state index contributed by atoms with van der Waals surface area (Å²) in [5, 5.41) is 0. The number of nitrogens with zero attached hydrogens (tertiary/aromatic N) is 2. The van der Waals surface area contributed by atoms with Crippen molar-refractivity contribution >= 4 is 28.6 Å². The van der Waals surface area contributed by atoms with Gasteiger partial charge in [-0.1, -0.05) is 19.9 Å². The van der Waals surface area contributed by atoms with Crippen molar-refractivity contribution in [3.8, 4) is 0 Å². The van der Waals surface area contributed by atoms with Gasteiger partial charge in [0.1, 0.15) is 11.9 Å². The van der Waals surface area contributed by atoms with Gasteiger partial charge in [0.05, 0.1) is 24.0 Å². The van der Waals surface area contributed by atoms with Crippen LogP contribution in [-0.4, -0.2) is 22.6 Å². The molecule has 1 unspecified atom stereocenters. The summed E-state index contributed by atoms with van der Waals surface area (Å²) in [5.41, 5.74) is 2.92. The topological polar surface area (TPSA) is 44.1 Å². The fraction of sp³-hybridized carbons (Fsp3) is 0.500. The van der Waals surface area contributed by atoms with E-state index >= 15 is 0 Å². The van der Waals surface area contributed by atoms with Crippen LogP contribution in [0.5, 0.6) is 0 Å². The number of hydrogen-bond acceptors (Lipinski definition) is 3. The van der Waals surface area contributed by atoms with Crippen molar-refractivity contribution in [2.45, 2.75) is 39.1 Å². The maximum absolute atomic E-state index is 12.2. The van der Waals surface area contributed by atoms with Gasteiger partial charge in [0, 0.05) is 0 Å². The van der Waals surface area contributed by atoms with E-state index in [1.165, 1.54) is 7.11 Å². The number of methoxy groups -OCH3 is 1. The van der Waals surface area contributed by atoms with Gasteiger partial charge in [0.25, 0.3) is 0 Å². The van der Waals surface area contributed by atoms with Crippen LogP contribution in [0.3, 0.4) is 0 Å². The molecule has 1 heterocycles. The second-order valence-corrected chi connectivity index (χ2v) is 5.96. The van der Waals surface area contributed by atoms with Gasteiger partial charge in [-0.2, -0.15) is 0 Å². The number of imidazole rings is 1. The van der Waals surface area contributed by atoms with Crippen molar-refractivity contribution in [1.29, 1.82) is 0 Å². The van der Waals surface area contributed by atoms with Gasteiger partial charge in [0.15, 0.2) is 0 Å². The molecular formula is C16H21ClN2O2. The monoisotopic (exact) mass is 308 g/mol. The molecule has 0 spiro atoms. The van der Waals surface area contributed by atoms with Gasteiger partial charge in [-0.15, -0.1) is 11.6 Å². The molecule has 0 amide bonds. The molecular weight excluding hydrogens is 288 g/mol. The maximum Gasteiger partial charge on any atom is 0.328 e. The second kappa shape index (κ2) is 6.48. The molecule has 0 saturated heterocycles. The second-order valence-electron chi connectivity index (χ2n) is 5.69. The Morgan fingerprint density at radius 2 is 2.14 bits per heavy atom. The summed E-state index contributed by atoms with van der Waals surface area (Å²) in [6, 6.07) is 5.62. The first-order valence-corrected chi connectivity index (χ1v) is 7.62. The van der Waals surface area contributed by atoms with Crippen molar-refractivity contribution < 1.29 is 9.53 Å². The largest absolute Gasteiger partial charge is 0.467 e. The van der Waals surface area contributed by atoms with Crippen molar-refractivity contribution in [1.82, 2.24) is 9.55 Å². The quantitative estimate of drug-likeness (QED) is 0.622. The SMILES string of the molecule is COC(=O)C(CC(C)C)n1c(CCl)nc2cc(C)ccc21. The van der Waals surface area contributed by atoms with Crippen LogP contribution >= 0.6 is 11.6 Å². The molecule has 0 bridgehead atoms. The first-order chi connectivity index (χ1) is 9.97. The Balaban J connectivity index is 2.62. The number of carbonyl (C=O) groups excluding carboxylic acids is 1. The Labute approximate surface area is 130 Å². The van der Waals surface area contributed by atoms with Crippen LogP contribution in [0, 0.1) is 12.8 Å². The zero-order valence-electron chi connectivity index (χ0n) is 12.9. The van der Waals surface area contributed by atoms with E-state index in [0.29, 0.717) is 18.2 Å². The highest BCUT2D eigenvalue weighted by Crippen LogP contribution is 2.28. The summed E-state index contributed by atoms with van der Waals surface area (Å²) in [7, 11) is 1.42. The number of aromatic nitrogens is 2. The number of halogens is 1. The third kappa shape index (κ3) is 3.21. The van der Waals surface area contributed by atoms with E-state index in [0.717, 1.165) is 16.6 Å². The van der Waals surface area contributed by atoms with Crippen LogP contribution in [0.2, 0.25) is 0 Å². The van der Waals surface area contributed by atoms with E-state index in [4.69, 9.17) is 16.3 Å². The van der Waals surface area contributed by atoms with Crippen LogP contribution in [0.25, 0.3) is 11.0 Å². The molecule has 2 rings (SSSR count). The van der Waals surface area contributed by atoms with Crippen LogP contribution in [0.1, 0.15) is 37.7 Å². The van der Waals surface area contributed by atoms with E-state index < -0.39 is 6.04 Å². The minimum atomic E-state index is -0.392. The van der Waals surface area contributed by atoms with Crippen molar-refractivity contribution in [2.75, 3.05) is 7.11 Å². The molecule has 0 aliphatic rings. The molecule has 4 nitrogen and oxygen atoms in total. The minimum Gasteiger partial charge on any atom is -0.467 e. The lowest BCUT2D eigenvalue weighted by Crippen LogP contribution is -2.24. The van der Waals surface area contributed by atoms with Crippen molar-refractivity contribution in [3.63, 3.8) is 0 Å². The highest BCUT2D eigenvalue weighted by Gasteiger charge is 2.26. The Hall–Kier alpha value is -1.55. The number of aryl methyl sites for hydroxylation is 1. The highest BCUT2D eigenvalue weighted by molar-refractivity contribution is 6.16. The molecule has 5 heteroatoms. The van der Waals surface area contributed by atoms with Crippen LogP contribution < -0.4 is 0 Å². The van der Waals surface area contributed by atoms with Crippen molar-refractivity contribution in [2.24, 2.45) is 5.92 Å². The molecule has 0 N–H and O–H groups in total. The number of fused-ring (bicyclic) bond motifs is 1. The van der Waals surface area contributed by atoms with E-state index in [1.54, 1.807) is 0 Å². The summed E-state index contributed by atoms with van der Waals surface area (Å²) >= 11 is 6.04. The minimum absolute atomic E-state index is 0.255. The fourth-order valence-corrected chi connectivity index (χ4v) is 2.78.